The number of rotatable bonds is 1. The predicted octanol–water partition coefficient (Wildman–Crippen LogP) is 2.31. The van der Waals surface area contributed by atoms with Gasteiger partial charge in [0.25, 0.3) is 5.69 Å². The van der Waals surface area contributed by atoms with Crippen LogP contribution in [-0.2, 0) is 13.0 Å². The molecule has 0 atom stereocenters. The quantitative estimate of drug-likeness (QED) is 0.630. The third-order valence-electron chi connectivity index (χ3n) is 2.69. The summed E-state index contributed by atoms with van der Waals surface area (Å²) in [6.07, 6.45) is 0.728. The summed E-state index contributed by atoms with van der Waals surface area (Å²) in [4.78, 5) is 10.7. The molecule has 0 bridgehead atoms. The Kier molecular flexibility index (Phi) is 2.75. The average molecular weight is 271 g/mol. The van der Waals surface area contributed by atoms with Crippen LogP contribution in [-0.4, -0.2) is 11.5 Å². The van der Waals surface area contributed by atoms with Crippen LogP contribution in [0.5, 0.6) is 0 Å². The van der Waals surface area contributed by atoms with Crippen molar-refractivity contribution < 1.29 is 4.92 Å². The molecule has 0 aromatic heterocycles. The number of aryl methyl sites for hydroxylation is 1. The lowest BCUT2D eigenvalue weighted by Crippen LogP contribution is -2.25. The van der Waals surface area contributed by atoms with Crippen molar-refractivity contribution in [2.75, 3.05) is 6.54 Å². The zero-order valence-corrected chi connectivity index (χ0v) is 9.93. The molecule has 15 heavy (non-hydrogen) atoms. The van der Waals surface area contributed by atoms with E-state index in [0.717, 1.165) is 34.1 Å². The molecule has 1 aromatic carbocycles. The van der Waals surface area contributed by atoms with Gasteiger partial charge in [-0.05, 0) is 31.5 Å². The Morgan fingerprint density at radius 1 is 1.53 bits per heavy atom. The summed E-state index contributed by atoms with van der Waals surface area (Å²) >= 11 is 3.45. The minimum Gasteiger partial charge on any atom is -0.312 e. The highest BCUT2D eigenvalue weighted by Crippen LogP contribution is 2.34. The van der Waals surface area contributed by atoms with Gasteiger partial charge in [-0.2, -0.15) is 0 Å². The molecule has 0 aliphatic carbocycles. The first-order chi connectivity index (χ1) is 7.11. The Bertz CT molecular complexity index is 432. The maximum Gasteiger partial charge on any atom is 0.275 e. The SMILES string of the molecule is Cc1cc(Br)c2c(c1[N+](=O)[O-])CCNC2. The average Bonchev–Trinajstić information content (AvgIpc) is 2.17. The van der Waals surface area contributed by atoms with E-state index >= 15 is 0 Å². The summed E-state index contributed by atoms with van der Waals surface area (Å²) in [5.74, 6) is 0. The zero-order valence-electron chi connectivity index (χ0n) is 8.34. The molecule has 0 amide bonds. The van der Waals surface area contributed by atoms with Crippen LogP contribution >= 0.6 is 15.9 Å². The first-order valence-electron chi connectivity index (χ1n) is 4.77. The fourth-order valence-electron chi connectivity index (χ4n) is 2.01. The van der Waals surface area contributed by atoms with E-state index in [2.05, 4.69) is 21.2 Å². The maximum atomic E-state index is 11.0. The standard InChI is InChI=1S/C10H11BrN2O2/c1-6-4-9(11)8-5-12-3-2-7(8)10(6)13(14)15/h4,12H,2-3,5H2,1H3. The first-order valence-corrected chi connectivity index (χ1v) is 5.56. The normalized spacial score (nSPS) is 14.8. The molecule has 1 aromatic rings. The van der Waals surface area contributed by atoms with Crippen molar-refractivity contribution in [2.24, 2.45) is 0 Å². The number of halogens is 1. The molecular weight excluding hydrogens is 260 g/mol. The minimum absolute atomic E-state index is 0.272. The van der Waals surface area contributed by atoms with E-state index in [1.165, 1.54) is 0 Å². The molecule has 1 heterocycles. The molecule has 0 fully saturated rings. The number of nitrogens with one attached hydrogen (secondary N) is 1. The summed E-state index contributed by atoms with van der Waals surface area (Å²) < 4.78 is 0.966. The smallest absolute Gasteiger partial charge is 0.275 e. The molecule has 1 N–H and O–H groups in total. The summed E-state index contributed by atoms with van der Waals surface area (Å²) in [5, 5.41) is 14.2. The zero-order chi connectivity index (χ0) is 11.0. The number of nitro benzene ring substituents is 1. The second-order valence-electron chi connectivity index (χ2n) is 3.66. The van der Waals surface area contributed by atoms with Crippen LogP contribution in [0.15, 0.2) is 10.5 Å². The molecule has 0 saturated heterocycles. The molecule has 1 aliphatic heterocycles. The first kappa shape index (κ1) is 10.6. The molecule has 80 valence electrons. The Morgan fingerprint density at radius 2 is 2.27 bits per heavy atom. The number of benzene rings is 1. The van der Waals surface area contributed by atoms with Gasteiger partial charge in [0.2, 0.25) is 0 Å². The van der Waals surface area contributed by atoms with Gasteiger partial charge in [0.15, 0.2) is 0 Å². The van der Waals surface area contributed by atoms with E-state index < -0.39 is 0 Å². The van der Waals surface area contributed by atoms with Gasteiger partial charge in [-0.3, -0.25) is 10.1 Å². The monoisotopic (exact) mass is 270 g/mol. The van der Waals surface area contributed by atoms with Gasteiger partial charge < -0.3 is 5.32 Å². The van der Waals surface area contributed by atoms with Crippen LogP contribution in [0.3, 0.4) is 0 Å². The summed E-state index contributed by atoms with van der Waals surface area (Å²) in [5.41, 5.74) is 2.92. The van der Waals surface area contributed by atoms with Gasteiger partial charge in [0.1, 0.15) is 0 Å². The third-order valence-corrected chi connectivity index (χ3v) is 3.40. The number of hydrogen-bond acceptors (Lipinski definition) is 3. The minimum atomic E-state index is -0.272. The summed E-state index contributed by atoms with van der Waals surface area (Å²) in [6, 6.07) is 1.82. The molecule has 5 heteroatoms. The van der Waals surface area contributed by atoms with Crippen LogP contribution in [0.2, 0.25) is 0 Å². The lowest BCUT2D eigenvalue weighted by molar-refractivity contribution is -0.386. The molecule has 0 saturated carbocycles. The highest BCUT2D eigenvalue weighted by atomic mass is 79.9. The lowest BCUT2D eigenvalue weighted by atomic mass is 9.96. The van der Waals surface area contributed by atoms with E-state index in [1.807, 2.05) is 6.07 Å². The van der Waals surface area contributed by atoms with E-state index in [4.69, 9.17) is 0 Å². The Hall–Kier alpha value is -0.940. The summed E-state index contributed by atoms with van der Waals surface area (Å²) in [7, 11) is 0. The molecule has 4 nitrogen and oxygen atoms in total. The second kappa shape index (κ2) is 3.90. The summed E-state index contributed by atoms with van der Waals surface area (Å²) in [6.45, 7) is 3.30. The van der Waals surface area contributed by atoms with Crippen molar-refractivity contribution in [1.29, 1.82) is 0 Å². The van der Waals surface area contributed by atoms with E-state index in [1.54, 1.807) is 6.92 Å². The highest BCUT2D eigenvalue weighted by Gasteiger charge is 2.24. The molecule has 0 unspecified atom stereocenters. The maximum absolute atomic E-state index is 11.0. The molecule has 0 spiro atoms. The van der Waals surface area contributed by atoms with Crippen molar-refractivity contribution in [3.05, 3.63) is 37.3 Å². The number of fused-ring (bicyclic) bond motifs is 1. The largest absolute Gasteiger partial charge is 0.312 e. The van der Waals surface area contributed by atoms with Gasteiger partial charge in [-0.15, -0.1) is 0 Å². The van der Waals surface area contributed by atoms with Crippen molar-refractivity contribution in [1.82, 2.24) is 5.32 Å². The van der Waals surface area contributed by atoms with Gasteiger partial charge >= 0.3 is 0 Å². The van der Waals surface area contributed by atoms with Gasteiger partial charge in [0, 0.05) is 22.1 Å². The fourth-order valence-corrected chi connectivity index (χ4v) is 2.73. The van der Waals surface area contributed by atoms with E-state index in [0.29, 0.717) is 6.54 Å². The van der Waals surface area contributed by atoms with Crippen molar-refractivity contribution in [3.8, 4) is 0 Å². The Morgan fingerprint density at radius 3 is 2.93 bits per heavy atom. The molecular formula is C10H11BrN2O2. The molecule has 2 rings (SSSR count). The Labute approximate surface area is 96.0 Å². The number of nitrogens with zero attached hydrogens (tertiary/aromatic N) is 1. The topological polar surface area (TPSA) is 55.2 Å². The van der Waals surface area contributed by atoms with Crippen LogP contribution in [0.1, 0.15) is 16.7 Å². The molecule has 1 aliphatic rings. The van der Waals surface area contributed by atoms with Crippen LogP contribution in [0, 0.1) is 17.0 Å². The van der Waals surface area contributed by atoms with Crippen molar-refractivity contribution in [2.45, 2.75) is 19.9 Å². The van der Waals surface area contributed by atoms with Gasteiger partial charge in [-0.25, -0.2) is 0 Å². The van der Waals surface area contributed by atoms with E-state index in [-0.39, 0.29) is 10.6 Å². The van der Waals surface area contributed by atoms with Gasteiger partial charge in [0.05, 0.1) is 4.92 Å². The van der Waals surface area contributed by atoms with Crippen LogP contribution in [0.4, 0.5) is 5.69 Å². The van der Waals surface area contributed by atoms with Crippen LogP contribution in [0.25, 0.3) is 0 Å². The number of hydrogen-bond donors (Lipinski definition) is 1. The van der Waals surface area contributed by atoms with Gasteiger partial charge in [-0.1, -0.05) is 15.9 Å². The molecule has 0 radical (unpaired) electrons. The van der Waals surface area contributed by atoms with Crippen LogP contribution < -0.4 is 5.32 Å². The lowest BCUT2D eigenvalue weighted by Gasteiger charge is -2.19. The Balaban J connectivity index is 2.68. The fraction of sp³-hybridized carbons (Fsp3) is 0.400. The van der Waals surface area contributed by atoms with E-state index in [9.17, 15) is 10.1 Å². The van der Waals surface area contributed by atoms with Crippen molar-refractivity contribution >= 4 is 21.6 Å². The number of nitro groups is 1. The highest BCUT2D eigenvalue weighted by molar-refractivity contribution is 9.10. The van der Waals surface area contributed by atoms with Crippen molar-refractivity contribution in [3.63, 3.8) is 0 Å². The predicted molar refractivity (Wildman–Crippen MR) is 60.9 cm³/mol. The second-order valence-corrected chi connectivity index (χ2v) is 4.52. The third kappa shape index (κ3) is 1.77.